The molecule has 2 aliphatic heterocycles. The fraction of sp³-hybridized carbons (Fsp3) is 1.00. The van der Waals surface area contributed by atoms with E-state index >= 15 is 0 Å². The summed E-state index contributed by atoms with van der Waals surface area (Å²) in [6, 6.07) is 0.383. The summed E-state index contributed by atoms with van der Waals surface area (Å²) in [4.78, 5) is 2.42. The summed E-state index contributed by atoms with van der Waals surface area (Å²) in [5.41, 5.74) is 0. The summed E-state index contributed by atoms with van der Waals surface area (Å²) in [5, 5.41) is 0. The van der Waals surface area contributed by atoms with Gasteiger partial charge in [0.2, 0.25) is 0 Å². The predicted octanol–water partition coefficient (Wildman–Crippen LogP) is 0.0424. The van der Waals surface area contributed by atoms with Crippen molar-refractivity contribution >= 4 is 10.2 Å². The summed E-state index contributed by atoms with van der Waals surface area (Å²) in [6.07, 6.45) is 4.40. The van der Waals surface area contributed by atoms with Crippen molar-refractivity contribution in [2.75, 3.05) is 53.6 Å². The first-order valence-corrected chi connectivity index (χ1v) is 9.52. The first kappa shape index (κ1) is 18.1. The summed E-state index contributed by atoms with van der Waals surface area (Å²) >= 11 is 0. The van der Waals surface area contributed by atoms with Crippen molar-refractivity contribution in [1.82, 2.24) is 13.9 Å². The van der Waals surface area contributed by atoms with Gasteiger partial charge >= 0.3 is 0 Å². The lowest BCUT2D eigenvalue weighted by molar-refractivity contribution is 0.148. The van der Waals surface area contributed by atoms with Gasteiger partial charge in [0.15, 0.2) is 0 Å². The van der Waals surface area contributed by atoms with Crippen LogP contribution in [0.4, 0.5) is 0 Å². The second-order valence-electron chi connectivity index (χ2n) is 6.00. The molecule has 0 spiro atoms. The first-order valence-electron chi connectivity index (χ1n) is 8.08. The van der Waals surface area contributed by atoms with Gasteiger partial charge in [-0.2, -0.15) is 17.4 Å². The van der Waals surface area contributed by atoms with Gasteiger partial charge in [-0.1, -0.05) is 6.42 Å². The van der Waals surface area contributed by atoms with Crippen molar-refractivity contribution in [3.8, 4) is 0 Å². The zero-order chi connectivity index (χ0) is 16.0. The van der Waals surface area contributed by atoms with Gasteiger partial charge in [-0.15, -0.1) is 0 Å². The van der Waals surface area contributed by atoms with Gasteiger partial charge < -0.3 is 9.47 Å². The van der Waals surface area contributed by atoms with Gasteiger partial charge in [0, 0.05) is 45.9 Å². The normalized spacial score (nSPS) is 26.5. The molecule has 0 bridgehead atoms. The van der Waals surface area contributed by atoms with E-state index in [0.717, 1.165) is 25.9 Å². The summed E-state index contributed by atoms with van der Waals surface area (Å²) in [6.45, 7) is 3.54. The Labute approximate surface area is 134 Å². The van der Waals surface area contributed by atoms with E-state index in [9.17, 15) is 8.42 Å². The Morgan fingerprint density at radius 1 is 1.09 bits per heavy atom. The number of rotatable bonds is 9. The van der Waals surface area contributed by atoms with Crippen molar-refractivity contribution < 1.29 is 17.9 Å². The Bertz CT molecular complexity index is 424. The molecule has 0 amide bonds. The third-order valence-corrected chi connectivity index (χ3v) is 6.23. The summed E-state index contributed by atoms with van der Waals surface area (Å²) in [5.74, 6) is 0. The zero-order valence-electron chi connectivity index (χ0n) is 13.7. The van der Waals surface area contributed by atoms with E-state index in [1.807, 2.05) is 0 Å². The van der Waals surface area contributed by atoms with Crippen molar-refractivity contribution in [2.45, 2.75) is 37.8 Å². The highest BCUT2D eigenvalue weighted by Gasteiger charge is 2.38. The van der Waals surface area contributed by atoms with E-state index in [-0.39, 0.29) is 6.04 Å². The molecule has 130 valence electrons. The number of nitrogens with one attached hydrogen (secondary N) is 1. The molecule has 2 fully saturated rings. The average Bonchev–Trinajstić information content (AvgIpc) is 2.90. The van der Waals surface area contributed by atoms with Crippen LogP contribution >= 0.6 is 0 Å². The number of hydrogen-bond acceptors (Lipinski definition) is 5. The number of methoxy groups -OCH3 is 2. The van der Waals surface area contributed by atoms with Crippen LogP contribution in [0.15, 0.2) is 0 Å². The van der Waals surface area contributed by atoms with E-state index in [1.54, 1.807) is 14.2 Å². The van der Waals surface area contributed by atoms with E-state index in [2.05, 4.69) is 9.62 Å². The Kier molecular flexibility index (Phi) is 7.04. The summed E-state index contributed by atoms with van der Waals surface area (Å²) < 4.78 is 39.7. The van der Waals surface area contributed by atoms with Crippen LogP contribution in [0.1, 0.15) is 25.7 Å². The molecule has 2 atom stereocenters. The van der Waals surface area contributed by atoms with Gasteiger partial charge in [-0.3, -0.25) is 4.90 Å². The molecule has 2 rings (SSSR count). The average molecular weight is 335 g/mol. The number of piperidine rings is 1. The van der Waals surface area contributed by atoms with Gasteiger partial charge in [-0.25, -0.2) is 0 Å². The second kappa shape index (κ2) is 8.56. The molecular formula is C14H29N3O4S. The Morgan fingerprint density at radius 3 is 2.41 bits per heavy atom. The van der Waals surface area contributed by atoms with E-state index < -0.39 is 10.2 Å². The van der Waals surface area contributed by atoms with Crippen LogP contribution < -0.4 is 4.72 Å². The molecule has 0 aromatic heterocycles. The molecule has 0 saturated carbocycles. The highest BCUT2D eigenvalue weighted by atomic mass is 32.2. The molecule has 22 heavy (non-hydrogen) atoms. The quantitative estimate of drug-likeness (QED) is 0.644. The highest BCUT2D eigenvalue weighted by molar-refractivity contribution is 7.87. The number of hydrogen-bond donors (Lipinski definition) is 1. The van der Waals surface area contributed by atoms with Gasteiger partial charge in [0.1, 0.15) is 0 Å². The summed E-state index contributed by atoms with van der Waals surface area (Å²) in [7, 11) is -0.355. The molecule has 0 unspecified atom stereocenters. The molecule has 0 aromatic carbocycles. The van der Waals surface area contributed by atoms with Crippen molar-refractivity contribution in [1.29, 1.82) is 0 Å². The first-order chi connectivity index (χ1) is 10.6. The van der Waals surface area contributed by atoms with Crippen LogP contribution in [0, 0.1) is 0 Å². The number of fused-ring (bicyclic) bond motifs is 1. The molecule has 7 nitrogen and oxygen atoms in total. The molecule has 2 saturated heterocycles. The zero-order valence-corrected chi connectivity index (χ0v) is 14.5. The van der Waals surface area contributed by atoms with Crippen LogP contribution in [-0.2, 0) is 19.7 Å². The lowest BCUT2D eigenvalue weighted by Crippen LogP contribution is -2.52. The van der Waals surface area contributed by atoms with E-state index in [0.29, 0.717) is 32.3 Å². The third-order valence-electron chi connectivity index (χ3n) is 4.59. The molecule has 1 N–H and O–H groups in total. The minimum atomic E-state index is -3.50. The lowest BCUT2D eigenvalue weighted by atomic mass is 10.00. The molecule has 0 radical (unpaired) electrons. The minimum absolute atomic E-state index is 0.0258. The fourth-order valence-electron chi connectivity index (χ4n) is 3.39. The lowest BCUT2D eigenvalue weighted by Gasteiger charge is -2.33. The van der Waals surface area contributed by atoms with Crippen molar-refractivity contribution in [3.63, 3.8) is 0 Å². The number of nitrogens with zero attached hydrogens (tertiary/aromatic N) is 2. The predicted molar refractivity (Wildman–Crippen MR) is 85.0 cm³/mol. The topological polar surface area (TPSA) is 71.1 Å². The van der Waals surface area contributed by atoms with Crippen molar-refractivity contribution in [2.24, 2.45) is 0 Å². The maximum Gasteiger partial charge on any atom is 0.279 e. The largest absolute Gasteiger partial charge is 0.383 e. The standard InChI is InChI=1S/C14H29N3O4S/c1-20-11-9-17(10-12-21-2)22(18,19)15-13-6-8-16-7-4-3-5-14(13)16/h13-15H,3-12H2,1-2H3/t13-,14+/m0/s1. The fourth-order valence-corrected chi connectivity index (χ4v) is 4.83. The smallest absolute Gasteiger partial charge is 0.279 e. The second-order valence-corrected chi connectivity index (χ2v) is 7.70. The maximum absolute atomic E-state index is 12.7. The highest BCUT2D eigenvalue weighted by Crippen LogP contribution is 2.27. The Morgan fingerprint density at radius 2 is 1.77 bits per heavy atom. The Hall–Kier alpha value is -0.250. The molecule has 2 aliphatic rings. The molecule has 2 heterocycles. The maximum atomic E-state index is 12.7. The van der Waals surface area contributed by atoms with Crippen molar-refractivity contribution in [3.05, 3.63) is 0 Å². The Balaban J connectivity index is 1.97. The molecule has 0 aromatic rings. The third kappa shape index (κ3) is 4.62. The molecule has 8 heteroatoms. The molecule has 0 aliphatic carbocycles. The van der Waals surface area contributed by atoms with E-state index in [1.165, 1.54) is 17.1 Å². The van der Waals surface area contributed by atoms with Crippen LogP contribution in [0.25, 0.3) is 0 Å². The van der Waals surface area contributed by atoms with Gasteiger partial charge in [0.25, 0.3) is 10.2 Å². The number of ether oxygens (including phenoxy) is 2. The van der Waals surface area contributed by atoms with Crippen LogP contribution in [-0.4, -0.2) is 83.3 Å². The van der Waals surface area contributed by atoms with Gasteiger partial charge in [-0.05, 0) is 25.8 Å². The van der Waals surface area contributed by atoms with E-state index in [4.69, 9.17) is 9.47 Å². The monoisotopic (exact) mass is 335 g/mol. The molecular weight excluding hydrogens is 306 g/mol. The van der Waals surface area contributed by atoms with Crippen LogP contribution in [0.5, 0.6) is 0 Å². The minimum Gasteiger partial charge on any atom is -0.383 e. The van der Waals surface area contributed by atoms with Gasteiger partial charge in [0.05, 0.1) is 13.2 Å². The SMILES string of the molecule is COCCN(CCOC)S(=O)(=O)N[C@H]1CCN2CCCC[C@H]12. The van der Waals surface area contributed by atoms with Crippen LogP contribution in [0.2, 0.25) is 0 Å². The van der Waals surface area contributed by atoms with Crippen LogP contribution in [0.3, 0.4) is 0 Å².